The maximum atomic E-state index is 9.85. The first-order chi connectivity index (χ1) is 8.16. The molecule has 0 aromatic heterocycles. The van der Waals surface area contributed by atoms with Crippen molar-refractivity contribution >= 4 is 11.6 Å². The van der Waals surface area contributed by atoms with Gasteiger partial charge in [-0.05, 0) is 43.9 Å². The second kappa shape index (κ2) is 5.74. The molecule has 0 amide bonds. The van der Waals surface area contributed by atoms with Gasteiger partial charge in [-0.3, -0.25) is 0 Å². The van der Waals surface area contributed by atoms with Gasteiger partial charge in [-0.15, -0.1) is 0 Å². The Labute approximate surface area is 108 Å². The summed E-state index contributed by atoms with van der Waals surface area (Å²) in [6.45, 7) is 1.80. The molecule has 1 aliphatic carbocycles. The summed E-state index contributed by atoms with van der Waals surface area (Å²) in [6, 6.07) is 7.37. The molecule has 0 saturated heterocycles. The molecular formula is C14H19ClO2. The van der Waals surface area contributed by atoms with Crippen LogP contribution in [0.1, 0.15) is 32.6 Å². The molecule has 0 aliphatic heterocycles. The van der Waals surface area contributed by atoms with Gasteiger partial charge < -0.3 is 9.84 Å². The van der Waals surface area contributed by atoms with Crippen LogP contribution in [0, 0.1) is 5.92 Å². The average molecular weight is 255 g/mol. The maximum Gasteiger partial charge on any atom is 0.127 e. The minimum atomic E-state index is -0.447. The molecule has 2 rings (SSSR count). The van der Waals surface area contributed by atoms with Crippen LogP contribution in [0.15, 0.2) is 24.3 Å². The zero-order chi connectivity index (χ0) is 12.3. The van der Waals surface area contributed by atoms with Crippen molar-refractivity contribution in [2.24, 2.45) is 5.92 Å². The highest BCUT2D eigenvalue weighted by atomic mass is 35.5. The molecular weight excluding hydrogens is 236 g/mol. The average Bonchev–Trinajstić information content (AvgIpc) is 2.78. The monoisotopic (exact) mass is 254 g/mol. The summed E-state index contributed by atoms with van der Waals surface area (Å²) >= 11 is 5.93. The highest BCUT2D eigenvalue weighted by Gasteiger charge is 2.30. The Morgan fingerprint density at radius 2 is 2.06 bits per heavy atom. The highest BCUT2D eigenvalue weighted by molar-refractivity contribution is 6.30. The van der Waals surface area contributed by atoms with Crippen LogP contribution in [0.3, 0.4) is 0 Å². The van der Waals surface area contributed by atoms with Crippen molar-refractivity contribution in [2.45, 2.75) is 44.8 Å². The number of aliphatic hydroxyl groups excluding tert-OH is 1. The number of benzene rings is 1. The van der Waals surface area contributed by atoms with Crippen LogP contribution in [-0.4, -0.2) is 17.3 Å². The van der Waals surface area contributed by atoms with E-state index in [4.69, 9.17) is 16.3 Å². The van der Waals surface area contributed by atoms with Gasteiger partial charge in [0.1, 0.15) is 11.9 Å². The molecule has 1 saturated carbocycles. The standard InChI is InChI=1S/C14H19ClO2/c1-10(16)14(11-5-2-3-6-11)17-13-8-4-7-12(15)9-13/h4,7-11,14,16H,2-3,5-6H2,1H3/t10-,14-/m0/s1. The summed E-state index contributed by atoms with van der Waals surface area (Å²) in [6.07, 6.45) is 4.22. The van der Waals surface area contributed by atoms with Crippen molar-refractivity contribution in [1.29, 1.82) is 0 Å². The molecule has 0 unspecified atom stereocenters. The van der Waals surface area contributed by atoms with Crippen LogP contribution in [-0.2, 0) is 0 Å². The quantitative estimate of drug-likeness (QED) is 0.889. The Morgan fingerprint density at radius 3 is 2.65 bits per heavy atom. The molecule has 1 aromatic carbocycles. The van der Waals surface area contributed by atoms with Gasteiger partial charge >= 0.3 is 0 Å². The molecule has 1 fully saturated rings. The van der Waals surface area contributed by atoms with Crippen molar-refractivity contribution < 1.29 is 9.84 Å². The van der Waals surface area contributed by atoms with Crippen molar-refractivity contribution in [3.63, 3.8) is 0 Å². The van der Waals surface area contributed by atoms with Gasteiger partial charge in [0.25, 0.3) is 0 Å². The molecule has 2 nitrogen and oxygen atoms in total. The molecule has 0 heterocycles. The van der Waals surface area contributed by atoms with Crippen LogP contribution in [0.2, 0.25) is 5.02 Å². The third kappa shape index (κ3) is 3.36. The Hall–Kier alpha value is -0.730. The summed E-state index contributed by atoms with van der Waals surface area (Å²) in [5.41, 5.74) is 0. The molecule has 17 heavy (non-hydrogen) atoms. The van der Waals surface area contributed by atoms with Gasteiger partial charge in [0, 0.05) is 5.02 Å². The maximum absolute atomic E-state index is 9.85. The smallest absolute Gasteiger partial charge is 0.127 e. The first kappa shape index (κ1) is 12.7. The number of hydrogen-bond donors (Lipinski definition) is 1. The van der Waals surface area contributed by atoms with E-state index >= 15 is 0 Å². The number of ether oxygens (including phenoxy) is 1. The summed E-state index contributed by atoms with van der Waals surface area (Å²) in [5.74, 6) is 1.21. The fourth-order valence-corrected chi connectivity index (χ4v) is 2.75. The van der Waals surface area contributed by atoms with Gasteiger partial charge in [-0.2, -0.15) is 0 Å². The lowest BCUT2D eigenvalue weighted by Gasteiger charge is -2.27. The van der Waals surface area contributed by atoms with E-state index < -0.39 is 6.10 Å². The van der Waals surface area contributed by atoms with Gasteiger partial charge in [0.15, 0.2) is 0 Å². The number of aliphatic hydroxyl groups is 1. The fraction of sp³-hybridized carbons (Fsp3) is 0.571. The van der Waals surface area contributed by atoms with Gasteiger partial charge in [-0.1, -0.05) is 30.5 Å². The summed E-state index contributed by atoms with van der Waals surface area (Å²) < 4.78 is 5.91. The van der Waals surface area contributed by atoms with E-state index in [0.29, 0.717) is 10.9 Å². The minimum Gasteiger partial charge on any atom is -0.487 e. The number of halogens is 1. The van der Waals surface area contributed by atoms with E-state index in [9.17, 15) is 5.11 Å². The SMILES string of the molecule is C[C@H](O)[C@H](Oc1cccc(Cl)c1)C1CCCC1. The van der Waals surface area contributed by atoms with Crippen LogP contribution in [0.5, 0.6) is 5.75 Å². The third-order valence-electron chi connectivity index (χ3n) is 3.41. The first-order valence-corrected chi connectivity index (χ1v) is 6.65. The Kier molecular flexibility index (Phi) is 4.30. The van der Waals surface area contributed by atoms with E-state index in [1.165, 1.54) is 12.8 Å². The molecule has 0 bridgehead atoms. The molecule has 1 N–H and O–H groups in total. The largest absolute Gasteiger partial charge is 0.487 e. The third-order valence-corrected chi connectivity index (χ3v) is 3.64. The van der Waals surface area contributed by atoms with Crippen molar-refractivity contribution in [2.75, 3.05) is 0 Å². The highest BCUT2D eigenvalue weighted by Crippen LogP contribution is 2.32. The van der Waals surface area contributed by atoms with Crippen molar-refractivity contribution in [3.05, 3.63) is 29.3 Å². The molecule has 0 radical (unpaired) electrons. The molecule has 1 aromatic rings. The van der Waals surface area contributed by atoms with Crippen LogP contribution in [0.4, 0.5) is 0 Å². The van der Waals surface area contributed by atoms with Gasteiger partial charge in [0.05, 0.1) is 6.10 Å². The molecule has 94 valence electrons. The number of hydrogen-bond acceptors (Lipinski definition) is 2. The first-order valence-electron chi connectivity index (χ1n) is 6.27. The van der Waals surface area contributed by atoms with Crippen molar-refractivity contribution in [3.8, 4) is 5.75 Å². The van der Waals surface area contributed by atoms with E-state index in [-0.39, 0.29) is 6.10 Å². The Bertz CT molecular complexity index is 359. The lowest BCUT2D eigenvalue weighted by molar-refractivity contribution is 0.0124. The second-order valence-corrected chi connectivity index (χ2v) is 5.26. The normalized spacial score (nSPS) is 20.2. The van der Waals surface area contributed by atoms with Crippen LogP contribution < -0.4 is 4.74 Å². The predicted octanol–water partition coefficient (Wildman–Crippen LogP) is 3.66. The Balaban J connectivity index is 2.07. The Morgan fingerprint density at radius 1 is 1.35 bits per heavy atom. The molecule has 0 spiro atoms. The molecule has 1 aliphatic rings. The van der Waals surface area contributed by atoms with E-state index in [0.717, 1.165) is 18.6 Å². The van der Waals surface area contributed by atoms with E-state index in [2.05, 4.69) is 0 Å². The lowest BCUT2D eigenvalue weighted by atomic mass is 9.97. The molecule has 2 atom stereocenters. The zero-order valence-electron chi connectivity index (χ0n) is 10.1. The van der Waals surface area contributed by atoms with Crippen LogP contribution >= 0.6 is 11.6 Å². The zero-order valence-corrected chi connectivity index (χ0v) is 10.9. The van der Waals surface area contributed by atoms with Crippen LogP contribution in [0.25, 0.3) is 0 Å². The molecule has 3 heteroatoms. The lowest BCUT2D eigenvalue weighted by Crippen LogP contribution is -2.35. The number of rotatable bonds is 4. The summed E-state index contributed by atoms with van der Waals surface area (Å²) in [7, 11) is 0. The minimum absolute atomic E-state index is 0.115. The van der Waals surface area contributed by atoms with Crippen molar-refractivity contribution in [1.82, 2.24) is 0 Å². The van der Waals surface area contributed by atoms with E-state index in [1.54, 1.807) is 13.0 Å². The van der Waals surface area contributed by atoms with E-state index in [1.807, 2.05) is 18.2 Å². The topological polar surface area (TPSA) is 29.5 Å². The summed E-state index contributed by atoms with van der Waals surface area (Å²) in [4.78, 5) is 0. The summed E-state index contributed by atoms with van der Waals surface area (Å²) in [5, 5.41) is 10.5. The fourth-order valence-electron chi connectivity index (χ4n) is 2.57. The van der Waals surface area contributed by atoms with Gasteiger partial charge in [0.2, 0.25) is 0 Å². The van der Waals surface area contributed by atoms with Gasteiger partial charge in [-0.25, -0.2) is 0 Å². The predicted molar refractivity (Wildman–Crippen MR) is 69.5 cm³/mol. The second-order valence-electron chi connectivity index (χ2n) is 4.82.